The third-order valence-electron chi connectivity index (χ3n) is 9.33. The van der Waals surface area contributed by atoms with Crippen molar-refractivity contribution in [2.75, 3.05) is 7.11 Å². The number of hydrogen-bond donors (Lipinski definition) is 1. The molecule has 1 N–H and O–H groups in total. The molecule has 0 radical (unpaired) electrons. The molecule has 1 amide bonds. The van der Waals surface area contributed by atoms with Crippen LogP contribution in [0.15, 0.2) is 18.2 Å². The van der Waals surface area contributed by atoms with E-state index in [1.807, 2.05) is 6.92 Å². The SMILES string of the molecule is CCC(=O)OC(C)OC(=O)c1cccc(CC(NC(=O)CCCC(F)(F)F)B2OC3CC4CC(C4(C)C)C3(C)O2)c1OC. The molecule has 13 heteroatoms. The van der Waals surface area contributed by atoms with E-state index >= 15 is 0 Å². The zero-order valence-electron chi connectivity index (χ0n) is 25.5. The van der Waals surface area contributed by atoms with Crippen molar-refractivity contribution in [3.63, 3.8) is 0 Å². The molecule has 0 aromatic heterocycles. The molecule has 1 aromatic rings. The van der Waals surface area contributed by atoms with Crippen molar-refractivity contribution in [1.82, 2.24) is 5.32 Å². The monoisotopic (exact) mass is 611 g/mol. The molecule has 6 unspecified atom stereocenters. The molecule has 3 saturated carbocycles. The van der Waals surface area contributed by atoms with Crippen molar-refractivity contribution in [3.8, 4) is 5.75 Å². The van der Waals surface area contributed by atoms with Crippen LogP contribution in [-0.4, -0.2) is 62.2 Å². The fourth-order valence-electron chi connectivity index (χ4n) is 6.91. The maximum Gasteiger partial charge on any atom is 0.482 e. The molecule has 43 heavy (non-hydrogen) atoms. The first-order valence-corrected chi connectivity index (χ1v) is 14.8. The topological polar surface area (TPSA) is 109 Å². The van der Waals surface area contributed by atoms with E-state index in [0.29, 0.717) is 11.5 Å². The van der Waals surface area contributed by atoms with Crippen molar-refractivity contribution in [3.05, 3.63) is 29.3 Å². The first-order chi connectivity index (χ1) is 20.1. The maximum absolute atomic E-state index is 13.0. The van der Waals surface area contributed by atoms with Crippen LogP contribution in [0.5, 0.6) is 5.75 Å². The van der Waals surface area contributed by atoms with Gasteiger partial charge in [0.25, 0.3) is 0 Å². The highest BCUT2D eigenvalue weighted by molar-refractivity contribution is 6.48. The highest BCUT2D eigenvalue weighted by Gasteiger charge is 2.68. The number of halogens is 3. The summed E-state index contributed by atoms with van der Waals surface area (Å²) in [6.07, 6.45) is -5.35. The molecule has 3 aliphatic carbocycles. The Morgan fingerprint density at radius 2 is 1.88 bits per heavy atom. The van der Waals surface area contributed by atoms with Gasteiger partial charge >= 0.3 is 25.2 Å². The van der Waals surface area contributed by atoms with Gasteiger partial charge < -0.3 is 28.8 Å². The summed E-state index contributed by atoms with van der Waals surface area (Å²) in [6, 6.07) is 4.83. The molecule has 238 valence electrons. The van der Waals surface area contributed by atoms with Gasteiger partial charge in [0.1, 0.15) is 11.3 Å². The fourth-order valence-corrected chi connectivity index (χ4v) is 6.91. The van der Waals surface area contributed by atoms with Gasteiger partial charge in [0.2, 0.25) is 12.2 Å². The summed E-state index contributed by atoms with van der Waals surface area (Å²) in [7, 11) is 0.513. The van der Waals surface area contributed by atoms with Crippen molar-refractivity contribution < 1.29 is 51.1 Å². The zero-order chi connectivity index (χ0) is 31.7. The zero-order valence-corrected chi connectivity index (χ0v) is 25.5. The highest BCUT2D eigenvalue weighted by Crippen LogP contribution is 2.65. The molecule has 4 aliphatic rings. The summed E-state index contributed by atoms with van der Waals surface area (Å²) in [5, 5.41) is 2.84. The molecule has 1 aliphatic heterocycles. The average molecular weight is 611 g/mol. The number of carbonyl (C=O) groups excluding carboxylic acids is 3. The van der Waals surface area contributed by atoms with Crippen molar-refractivity contribution >= 4 is 25.0 Å². The molecular formula is C30H41BF3NO8. The maximum atomic E-state index is 13.0. The third-order valence-corrected chi connectivity index (χ3v) is 9.33. The molecule has 2 bridgehead atoms. The molecule has 1 heterocycles. The minimum absolute atomic E-state index is 0.0751. The third kappa shape index (κ3) is 7.14. The lowest BCUT2D eigenvalue weighted by molar-refractivity contribution is -0.199. The molecule has 6 atom stereocenters. The van der Waals surface area contributed by atoms with Gasteiger partial charge in [-0.15, -0.1) is 0 Å². The number of carbonyl (C=O) groups is 3. The van der Waals surface area contributed by atoms with Crippen LogP contribution < -0.4 is 10.1 Å². The largest absolute Gasteiger partial charge is 0.496 e. The van der Waals surface area contributed by atoms with Gasteiger partial charge in [0.15, 0.2) is 0 Å². The van der Waals surface area contributed by atoms with Gasteiger partial charge in [-0.2, -0.15) is 13.2 Å². The Kier molecular flexibility index (Phi) is 9.75. The average Bonchev–Trinajstić information content (AvgIpc) is 3.28. The van der Waals surface area contributed by atoms with Gasteiger partial charge in [-0.25, -0.2) is 4.79 Å². The molecular weight excluding hydrogens is 570 g/mol. The number of amides is 1. The molecule has 0 spiro atoms. The van der Waals surface area contributed by atoms with Gasteiger partial charge in [-0.05, 0) is 61.5 Å². The Morgan fingerprint density at radius 3 is 2.51 bits per heavy atom. The second-order valence-corrected chi connectivity index (χ2v) is 12.5. The summed E-state index contributed by atoms with van der Waals surface area (Å²) in [6.45, 7) is 9.52. The fraction of sp³-hybridized carbons (Fsp3) is 0.700. The molecule has 4 fully saturated rings. The number of hydrogen-bond acceptors (Lipinski definition) is 8. The molecule has 1 aromatic carbocycles. The quantitative estimate of drug-likeness (QED) is 0.196. The Labute approximate surface area is 250 Å². The predicted molar refractivity (Wildman–Crippen MR) is 150 cm³/mol. The summed E-state index contributed by atoms with van der Waals surface area (Å²) >= 11 is 0. The van der Waals surface area contributed by atoms with E-state index in [4.69, 9.17) is 23.5 Å². The minimum Gasteiger partial charge on any atom is -0.496 e. The van der Waals surface area contributed by atoms with E-state index < -0.39 is 55.4 Å². The first-order valence-electron chi connectivity index (χ1n) is 14.8. The van der Waals surface area contributed by atoms with Crippen molar-refractivity contribution in [2.45, 2.75) is 110 Å². The van der Waals surface area contributed by atoms with Gasteiger partial charge in [0.05, 0.1) is 24.8 Å². The van der Waals surface area contributed by atoms with Crippen LogP contribution >= 0.6 is 0 Å². The second kappa shape index (κ2) is 12.7. The number of nitrogens with one attached hydrogen (secondary N) is 1. The summed E-state index contributed by atoms with van der Waals surface area (Å²) in [5.74, 6) is -1.72. The van der Waals surface area contributed by atoms with E-state index in [1.165, 1.54) is 20.1 Å². The van der Waals surface area contributed by atoms with Crippen molar-refractivity contribution in [2.24, 2.45) is 17.3 Å². The Hall–Kier alpha value is -2.80. The number of methoxy groups -OCH3 is 1. The van der Waals surface area contributed by atoms with E-state index in [0.717, 1.165) is 12.8 Å². The van der Waals surface area contributed by atoms with Crippen LogP contribution in [0.4, 0.5) is 13.2 Å². The lowest BCUT2D eigenvalue weighted by atomic mass is 9.43. The van der Waals surface area contributed by atoms with Crippen LogP contribution in [0.2, 0.25) is 0 Å². The van der Waals surface area contributed by atoms with Crippen LogP contribution in [0.25, 0.3) is 0 Å². The van der Waals surface area contributed by atoms with E-state index in [1.54, 1.807) is 19.1 Å². The van der Waals surface area contributed by atoms with E-state index in [9.17, 15) is 27.6 Å². The van der Waals surface area contributed by atoms with Gasteiger partial charge in [-0.3, -0.25) is 9.59 Å². The minimum atomic E-state index is -4.36. The smallest absolute Gasteiger partial charge is 0.482 e. The van der Waals surface area contributed by atoms with E-state index in [-0.39, 0.29) is 54.4 Å². The normalized spacial score (nSPS) is 26.9. The van der Waals surface area contributed by atoms with Crippen LogP contribution in [0.3, 0.4) is 0 Å². The van der Waals surface area contributed by atoms with Crippen LogP contribution in [0.1, 0.15) is 89.1 Å². The standard InChI is InChI=1S/C30H41BF3NO8/c1-7-25(37)40-17(2)41-27(38)20-11-8-10-18(26(20)39-6)14-23(35-24(36)12-9-13-30(32,33)34)31-42-22-16-19-15-21(28(19,3)4)29(22,5)43-31/h8,10-11,17,19,21-23H,7,9,12-16H2,1-6H3,(H,35,36). The number of benzene rings is 1. The number of ether oxygens (including phenoxy) is 3. The Bertz CT molecular complexity index is 1210. The first kappa shape index (κ1) is 33.1. The molecule has 5 rings (SSSR count). The van der Waals surface area contributed by atoms with Crippen LogP contribution in [-0.2, 0) is 34.8 Å². The molecule has 1 saturated heterocycles. The van der Waals surface area contributed by atoms with Crippen molar-refractivity contribution in [1.29, 1.82) is 0 Å². The van der Waals surface area contributed by atoms with Gasteiger partial charge in [0, 0.05) is 26.2 Å². The Balaban J connectivity index is 1.55. The van der Waals surface area contributed by atoms with Gasteiger partial charge in [-0.1, -0.05) is 32.9 Å². The lowest BCUT2D eigenvalue weighted by Gasteiger charge is -2.64. The van der Waals surface area contributed by atoms with Crippen LogP contribution in [0, 0.1) is 17.3 Å². The summed E-state index contributed by atoms with van der Waals surface area (Å²) in [4.78, 5) is 37.5. The Morgan fingerprint density at radius 1 is 1.16 bits per heavy atom. The number of rotatable bonds is 12. The number of para-hydroxylation sites is 1. The van der Waals surface area contributed by atoms with E-state index in [2.05, 4.69) is 19.2 Å². The second-order valence-electron chi connectivity index (χ2n) is 12.5. The molecule has 9 nitrogen and oxygen atoms in total. The number of alkyl halides is 3. The number of esters is 2. The summed E-state index contributed by atoms with van der Waals surface area (Å²) in [5.41, 5.74) is 0.100. The highest BCUT2D eigenvalue weighted by atomic mass is 19.4. The predicted octanol–water partition coefficient (Wildman–Crippen LogP) is 5.18. The lowest BCUT2D eigenvalue weighted by Crippen LogP contribution is -2.65. The summed E-state index contributed by atoms with van der Waals surface area (Å²) < 4.78 is 67.1.